The number of rotatable bonds is 5. The predicted molar refractivity (Wildman–Crippen MR) is 123 cm³/mol. The summed E-state index contributed by atoms with van der Waals surface area (Å²) < 4.78 is 5.64. The van der Waals surface area contributed by atoms with Gasteiger partial charge in [-0.2, -0.15) is 0 Å². The fourth-order valence-electron chi connectivity index (χ4n) is 3.34. The molecule has 0 spiro atoms. The van der Waals surface area contributed by atoms with Crippen LogP contribution in [0.25, 0.3) is 16.8 Å². The first kappa shape index (κ1) is 20.5. The molecule has 0 aromatic heterocycles. The molecule has 0 bridgehead atoms. The molecule has 0 aliphatic carbocycles. The van der Waals surface area contributed by atoms with Gasteiger partial charge in [-0.15, -0.1) is 0 Å². The Morgan fingerprint density at radius 2 is 1.83 bits per heavy atom. The van der Waals surface area contributed by atoms with E-state index in [2.05, 4.69) is 0 Å². The van der Waals surface area contributed by atoms with Gasteiger partial charge in [0, 0.05) is 0 Å². The first-order valence-corrected chi connectivity index (χ1v) is 10.8. The third kappa shape index (κ3) is 4.23. The number of hydrogen-bond donors (Lipinski definition) is 0. The van der Waals surface area contributed by atoms with E-state index in [-0.39, 0.29) is 23.8 Å². The number of hydrogen-bond acceptors (Lipinski definition) is 4. The van der Waals surface area contributed by atoms with Gasteiger partial charge in [-0.25, -0.2) is 0 Å². The van der Waals surface area contributed by atoms with Crippen molar-refractivity contribution in [2.24, 2.45) is 0 Å². The van der Waals surface area contributed by atoms with E-state index < -0.39 is 0 Å². The second-order valence-corrected chi connectivity index (χ2v) is 8.66. The van der Waals surface area contributed by atoms with E-state index in [1.807, 2.05) is 62.4 Å². The van der Waals surface area contributed by atoms with Crippen molar-refractivity contribution in [3.05, 3.63) is 81.7 Å². The minimum absolute atomic E-state index is 0.0129. The van der Waals surface area contributed by atoms with Gasteiger partial charge in [0.05, 0.1) is 22.6 Å². The van der Waals surface area contributed by atoms with Gasteiger partial charge in [-0.05, 0) is 65.7 Å². The Labute approximate surface area is 184 Å². The standard InChI is InChI=1S/C24H20ClNO3S/c1-15(2)29-21-11-10-16(12-20(21)25)13-22-23(27)26(24(28)30-22)14-18-8-5-7-17-6-3-4-9-19(17)18/h3-13,15H,14H2,1-2H3/b22-13+. The summed E-state index contributed by atoms with van der Waals surface area (Å²) in [6, 6.07) is 19.2. The molecule has 4 rings (SSSR count). The largest absolute Gasteiger partial charge is 0.489 e. The first-order valence-electron chi connectivity index (χ1n) is 9.60. The fourth-order valence-corrected chi connectivity index (χ4v) is 4.42. The quantitative estimate of drug-likeness (QED) is 0.426. The van der Waals surface area contributed by atoms with Crippen LogP contribution in [0.4, 0.5) is 4.79 Å². The van der Waals surface area contributed by atoms with Crippen molar-refractivity contribution in [3.63, 3.8) is 0 Å². The Morgan fingerprint density at radius 3 is 2.60 bits per heavy atom. The van der Waals surface area contributed by atoms with Gasteiger partial charge in [-0.3, -0.25) is 14.5 Å². The highest BCUT2D eigenvalue weighted by molar-refractivity contribution is 8.18. The fraction of sp³-hybridized carbons (Fsp3) is 0.167. The monoisotopic (exact) mass is 437 g/mol. The molecule has 3 aromatic carbocycles. The summed E-state index contributed by atoms with van der Waals surface area (Å²) in [4.78, 5) is 27.1. The molecule has 3 aromatic rings. The number of halogens is 1. The molecule has 4 nitrogen and oxygen atoms in total. The smallest absolute Gasteiger partial charge is 0.293 e. The Morgan fingerprint density at radius 1 is 1.07 bits per heavy atom. The maximum absolute atomic E-state index is 12.9. The molecule has 1 heterocycles. The molecule has 6 heteroatoms. The molecule has 0 atom stereocenters. The third-order valence-electron chi connectivity index (χ3n) is 4.70. The Balaban J connectivity index is 1.57. The van der Waals surface area contributed by atoms with E-state index >= 15 is 0 Å². The van der Waals surface area contributed by atoms with Crippen LogP contribution in [0.15, 0.2) is 65.6 Å². The van der Waals surface area contributed by atoms with Crippen LogP contribution in [-0.2, 0) is 11.3 Å². The number of carbonyl (C=O) groups excluding carboxylic acids is 2. The predicted octanol–water partition coefficient (Wildman–Crippen LogP) is 6.52. The van der Waals surface area contributed by atoms with Crippen LogP contribution in [0.2, 0.25) is 5.02 Å². The van der Waals surface area contributed by atoms with Crippen molar-refractivity contribution in [2.75, 3.05) is 0 Å². The highest BCUT2D eigenvalue weighted by atomic mass is 35.5. The topological polar surface area (TPSA) is 46.6 Å². The number of carbonyl (C=O) groups is 2. The molecule has 152 valence electrons. The lowest BCUT2D eigenvalue weighted by Crippen LogP contribution is -2.27. The maximum atomic E-state index is 12.9. The molecule has 1 saturated heterocycles. The number of nitrogens with zero attached hydrogens (tertiary/aromatic N) is 1. The number of ether oxygens (including phenoxy) is 1. The molecule has 2 amide bonds. The Hall–Kier alpha value is -2.76. The molecule has 0 radical (unpaired) electrons. The summed E-state index contributed by atoms with van der Waals surface area (Å²) in [5.74, 6) is 0.296. The molecular weight excluding hydrogens is 418 g/mol. The van der Waals surface area contributed by atoms with Crippen LogP contribution in [0.1, 0.15) is 25.0 Å². The van der Waals surface area contributed by atoms with Gasteiger partial charge in [0.1, 0.15) is 5.75 Å². The summed E-state index contributed by atoms with van der Waals surface area (Å²) in [5, 5.41) is 2.31. The summed E-state index contributed by atoms with van der Waals surface area (Å²) >= 11 is 7.24. The lowest BCUT2D eigenvalue weighted by Gasteiger charge is -2.14. The van der Waals surface area contributed by atoms with E-state index in [1.165, 1.54) is 4.90 Å². The number of imide groups is 1. The van der Waals surface area contributed by atoms with Crippen LogP contribution in [0.5, 0.6) is 5.75 Å². The normalized spacial score (nSPS) is 15.6. The van der Waals surface area contributed by atoms with Crippen molar-refractivity contribution < 1.29 is 14.3 Å². The molecule has 0 N–H and O–H groups in total. The lowest BCUT2D eigenvalue weighted by atomic mass is 10.0. The summed E-state index contributed by atoms with van der Waals surface area (Å²) in [5.41, 5.74) is 1.68. The molecule has 1 aliphatic heterocycles. The van der Waals surface area contributed by atoms with E-state index in [0.29, 0.717) is 15.7 Å². The summed E-state index contributed by atoms with van der Waals surface area (Å²) in [7, 11) is 0. The second kappa shape index (κ2) is 8.54. The van der Waals surface area contributed by atoms with Gasteiger partial charge in [-0.1, -0.05) is 60.1 Å². The van der Waals surface area contributed by atoms with Crippen LogP contribution in [-0.4, -0.2) is 22.2 Å². The van der Waals surface area contributed by atoms with Gasteiger partial charge < -0.3 is 4.74 Å². The first-order chi connectivity index (χ1) is 14.4. The minimum Gasteiger partial charge on any atom is -0.489 e. The van der Waals surface area contributed by atoms with E-state index in [9.17, 15) is 9.59 Å². The zero-order valence-electron chi connectivity index (χ0n) is 16.6. The molecule has 0 saturated carbocycles. The second-order valence-electron chi connectivity index (χ2n) is 7.26. The number of thioether (sulfide) groups is 1. The molecular formula is C24H20ClNO3S. The highest BCUT2D eigenvalue weighted by Crippen LogP contribution is 2.35. The SMILES string of the molecule is CC(C)Oc1ccc(/C=C2/SC(=O)N(Cc3cccc4ccccc34)C2=O)cc1Cl. The van der Waals surface area contributed by atoms with Crippen molar-refractivity contribution in [3.8, 4) is 5.75 Å². The van der Waals surface area contributed by atoms with Gasteiger partial charge in [0.25, 0.3) is 11.1 Å². The maximum Gasteiger partial charge on any atom is 0.293 e. The Bertz CT molecular complexity index is 1170. The Kier molecular flexibility index (Phi) is 5.84. The number of benzene rings is 3. The average molecular weight is 438 g/mol. The van der Waals surface area contributed by atoms with Gasteiger partial charge in [0.15, 0.2) is 0 Å². The van der Waals surface area contributed by atoms with Crippen LogP contribution < -0.4 is 4.74 Å². The van der Waals surface area contributed by atoms with Crippen molar-refractivity contribution in [1.82, 2.24) is 4.90 Å². The lowest BCUT2D eigenvalue weighted by molar-refractivity contribution is -0.123. The van der Waals surface area contributed by atoms with E-state index in [4.69, 9.17) is 16.3 Å². The minimum atomic E-state index is -0.295. The van der Waals surface area contributed by atoms with Crippen LogP contribution in [0, 0.1) is 0 Å². The van der Waals surface area contributed by atoms with Gasteiger partial charge in [0.2, 0.25) is 0 Å². The zero-order valence-corrected chi connectivity index (χ0v) is 18.2. The van der Waals surface area contributed by atoms with E-state index in [1.54, 1.807) is 18.2 Å². The summed E-state index contributed by atoms with van der Waals surface area (Å²) in [6.07, 6.45) is 1.71. The molecule has 30 heavy (non-hydrogen) atoms. The van der Waals surface area contributed by atoms with Gasteiger partial charge >= 0.3 is 0 Å². The van der Waals surface area contributed by atoms with Crippen molar-refractivity contribution in [2.45, 2.75) is 26.5 Å². The molecule has 0 unspecified atom stereocenters. The molecule has 1 fully saturated rings. The van der Waals surface area contributed by atoms with Crippen molar-refractivity contribution in [1.29, 1.82) is 0 Å². The zero-order chi connectivity index (χ0) is 21.3. The van der Waals surface area contributed by atoms with Crippen LogP contribution in [0.3, 0.4) is 0 Å². The third-order valence-corrected chi connectivity index (χ3v) is 5.90. The highest BCUT2D eigenvalue weighted by Gasteiger charge is 2.35. The average Bonchev–Trinajstić information content (AvgIpc) is 2.97. The van der Waals surface area contributed by atoms with E-state index in [0.717, 1.165) is 33.7 Å². The number of amides is 2. The number of fused-ring (bicyclic) bond motifs is 1. The van der Waals surface area contributed by atoms with Crippen LogP contribution >= 0.6 is 23.4 Å². The van der Waals surface area contributed by atoms with Crippen molar-refractivity contribution >= 4 is 51.4 Å². The summed E-state index contributed by atoms with van der Waals surface area (Å²) in [6.45, 7) is 4.09. The molecule has 1 aliphatic rings.